The minimum atomic E-state index is -2.73. The fraction of sp³-hybridized carbons (Fsp3) is 0.571. The third-order valence-electron chi connectivity index (χ3n) is 4.50. The summed E-state index contributed by atoms with van der Waals surface area (Å²) in [7, 11) is 0. The van der Waals surface area contributed by atoms with Crippen LogP contribution in [0.5, 0.6) is 0 Å². The van der Waals surface area contributed by atoms with E-state index in [1.807, 2.05) is 4.90 Å². The lowest BCUT2D eigenvalue weighted by Gasteiger charge is -2.40. The van der Waals surface area contributed by atoms with Gasteiger partial charge in [-0.15, -0.1) is 0 Å². The largest absolute Gasteiger partial charge is 0.365 e. The summed E-state index contributed by atoms with van der Waals surface area (Å²) in [6.07, 6.45) is 0.734. The highest BCUT2D eigenvalue weighted by Crippen LogP contribution is 2.43. The van der Waals surface area contributed by atoms with E-state index < -0.39 is 11.3 Å². The Morgan fingerprint density at radius 3 is 2.43 bits per heavy atom. The number of benzene rings is 1. The van der Waals surface area contributed by atoms with Crippen LogP contribution >= 0.6 is 0 Å². The Morgan fingerprint density at radius 2 is 1.90 bits per heavy atom. The number of nitro benzene ring substituents is 1. The van der Waals surface area contributed by atoms with Gasteiger partial charge in [0.05, 0.1) is 4.92 Å². The van der Waals surface area contributed by atoms with Gasteiger partial charge in [0.2, 0.25) is 0 Å². The van der Waals surface area contributed by atoms with Gasteiger partial charge in [0.15, 0.2) is 0 Å². The van der Waals surface area contributed by atoms with Gasteiger partial charge in [0.25, 0.3) is 12.1 Å². The van der Waals surface area contributed by atoms with Gasteiger partial charge in [-0.05, 0) is 31.7 Å². The van der Waals surface area contributed by atoms with Gasteiger partial charge >= 0.3 is 0 Å². The first-order chi connectivity index (χ1) is 9.97. The summed E-state index contributed by atoms with van der Waals surface area (Å²) < 4.78 is 26.6. The summed E-state index contributed by atoms with van der Waals surface area (Å²) in [5.74, 6) is 0. The molecule has 2 unspecified atom stereocenters. The van der Waals surface area contributed by atoms with Gasteiger partial charge in [0, 0.05) is 41.5 Å². The zero-order valence-electron chi connectivity index (χ0n) is 11.4. The molecule has 21 heavy (non-hydrogen) atoms. The number of halogens is 2. The Labute approximate surface area is 120 Å². The van der Waals surface area contributed by atoms with Crippen LogP contribution in [0.15, 0.2) is 18.2 Å². The Morgan fingerprint density at radius 1 is 1.29 bits per heavy atom. The zero-order valence-corrected chi connectivity index (χ0v) is 11.4. The van der Waals surface area contributed by atoms with Crippen molar-refractivity contribution in [2.24, 2.45) is 5.73 Å². The summed E-state index contributed by atoms with van der Waals surface area (Å²) >= 11 is 0. The predicted octanol–water partition coefficient (Wildman–Crippen LogP) is 2.99. The number of hydrogen-bond acceptors (Lipinski definition) is 4. The molecule has 3 rings (SSSR count). The Kier molecular flexibility index (Phi) is 3.52. The molecule has 2 heterocycles. The van der Waals surface area contributed by atoms with Crippen LogP contribution in [0.2, 0.25) is 0 Å². The molecule has 2 atom stereocenters. The molecule has 0 amide bonds. The minimum Gasteiger partial charge on any atom is -0.365 e. The monoisotopic (exact) mass is 297 g/mol. The molecule has 2 saturated heterocycles. The summed E-state index contributed by atoms with van der Waals surface area (Å²) in [5, 5.41) is 10.8. The van der Waals surface area contributed by atoms with E-state index in [1.165, 1.54) is 12.1 Å². The number of piperidine rings is 1. The fourth-order valence-corrected chi connectivity index (χ4v) is 3.68. The van der Waals surface area contributed by atoms with Gasteiger partial charge in [-0.3, -0.25) is 10.1 Å². The molecule has 1 aromatic rings. The SMILES string of the molecule is NC1CC2CCC(C1)N2c1ccc([N+](=O)[O-])cc1C(F)F. The number of anilines is 1. The van der Waals surface area contributed by atoms with Crippen molar-refractivity contribution < 1.29 is 13.7 Å². The molecule has 2 aliphatic heterocycles. The number of fused-ring (bicyclic) bond motifs is 2. The standard InChI is InChI=1S/C14H17F2N3O2/c15-14(16)12-7-11(19(20)21)3-4-13(12)18-9-1-2-10(18)6-8(17)5-9/h3-4,7-10,14H,1-2,5-6,17H2. The van der Waals surface area contributed by atoms with Crippen LogP contribution in [0.3, 0.4) is 0 Å². The maximum atomic E-state index is 13.3. The van der Waals surface area contributed by atoms with Crippen molar-refractivity contribution in [2.45, 2.75) is 50.2 Å². The van der Waals surface area contributed by atoms with E-state index in [2.05, 4.69) is 0 Å². The number of alkyl halides is 2. The molecular formula is C14H17F2N3O2. The molecule has 114 valence electrons. The van der Waals surface area contributed by atoms with E-state index in [0.717, 1.165) is 31.7 Å². The second-order valence-corrected chi connectivity index (χ2v) is 5.82. The lowest BCUT2D eigenvalue weighted by atomic mass is 9.96. The maximum Gasteiger partial charge on any atom is 0.270 e. The number of nitro groups is 1. The summed E-state index contributed by atoms with van der Waals surface area (Å²) in [5.41, 5.74) is 5.87. The molecule has 0 radical (unpaired) electrons. The maximum absolute atomic E-state index is 13.3. The highest BCUT2D eigenvalue weighted by molar-refractivity contribution is 5.61. The van der Waals surface area contributed by atoms with Gasteiger partial charge in [-0.1, -0.05) is 0 Å². The highest BCUT2D eigenvalue weighted by Gasteiger charge is 2.41. The van der Waals surface area contributed by atoms with Crippen LogP contribution in [0.4, 0.5) is 20.2 Å². The Balaban J connectivity index is 2.00. The molecule has 2 aliphatic rings. The summed E-state index contributed by atoms with van der Waals surface area (Å²) in [6.45, 7) is 0. The van der Waals surface area contributed by atoms with E-state index in [0.29, 0.717) is 5.69 Å². The molecule has 2 bridgehead atoms. The van der Waals surface area contributed by atoms with E-state index >= 15 is 0 Å². The number of nitrogens with two attached hydrogens (primary N) is 1. The lowest BCUT2D eigenvalue weighted by Crippen LogP contribution is -2.47. The first-order valence-electron chi connectivity index (χ1n) is 7.07. The average Bonchev–Trinajstić information content (AvgIpc) is 2.69. The number of hydrogen-bond donors (Lipinski definition) is 1. The van der Waals surface area contributed by atoms with Crippen molar-refractivity contribution in [3.8, 4) is 0 Å². The van der Waals surface area contributed by atoms with E-state index in [9.17, 15) is 18.9 Å². The average molecular weight is 297 g/mol. The second kappa shape index (κ2) is 5.22. The van der Waals surface area contributed by atoms with Gasteiger partial charge in [0.1, 0.15) is 0 Å². The molecular weight excluding hydrogens is 280 g/mol. The van der Waals surface area contributed by atoms with Crippen LogP contribution in [0.25, 0.3) is 0 Å². The molecule has 5 nitrogen and oxygen atoms in total. The number of non-ortho nitro benzene ring substituents is 1. The summed E-state index contributed by atoms with van der Waals surface area (Å²) in [4.78, 5) is 12.1. The van der Waals surface area contributed by atoms with E-state index in [-0.39, 0.29) is 29.4 Å². The van der Waals surface area contributed by atoms with Crippen molar-refractivity contribution in [1.29, 1.82) is 0 Å². The van der Waals surface area contributed by atoms with Gasteiger partial charge in [-0.25, -0.2) is 8.78 Å². The minimum absolute atomic E-state index is 0.117. The van der Waals surface area contributed by atoms with E-state index in [4.69, 9.17) is 5.73 Å². The van der Waals surface area contributed by atoms with Crippen LogP contribution in [0.1, 0.15) is 37.7 Å². The van der Waals surface area contributed by atoms with Crippen molar-refractivity contribution in [1.82, 2.24) is 0 Å². The normalized spacial score (nSPS) is 28.2. The molecule has 2 fully saturated rings. The molecule has 0 aromatic heterocycles. The molecule has 7 heteroatoms. The van der Waals surface area contributed by atoms with Gasteiger partial charge < -0.3 is 10.6 Å². The molecule has 1 aromatic carbocycles. The van der Waals surface area contributed by atoms with Crippen molar-refractivity contribution in [3.63, 3.8) is 0 Å². The van der Waals surface area contributed by atoms with Crippen LogP contribution in [-0.4, -0.2) is 23.0 Å². The lowest BCUT2D eigenvalue weighted by molar-refractivity contribution is -0.385. The third-order valence-corrected chi connectivity index (χ3v) is 4.50. The predicted molar refractivity (Wildman–Crippen MR) is 74.6 cm³/mol. The van der Waals surface area contributed by atoms with Crippen LogP contribution < -0.4 is 10.6 Å². The zero-order chi connectivity index (χ0) is 15.1. The quantitative estimate of drug-likeness (QED) is 0.687. The molecule has 0 saturated carbocycles. The van der Waals surface area contributed by atoms with Crippen LogP contribution in [0, 0.1) is 10.1 Å². The van der Waals surface area contributed by atoms with E-state index in [1.54, 1.807) is 0 Å². The molecule has 0 aliphatic carbocycles. The molecule has 0 spiro atoms. The van der Waals surface area contributed by atoms with Crippen molar-refractivity contribution in [3.05, 3.63) is 33.9 Å². The number of nitrogens with zero attached hydrogens (tertiary/aromatic N) is 2. The van der Waals surface area contributed by atoms with Crippen LogP contribution in [-0.2, 0) is 0 Å². The number of rotatable bonds is 3. The first-order valence-corrected chi connectivity index (χ1v) is 7.07. The summed E-state index contributed by atoms with van der Waals surface area (Å²) in [6, 6.07) is 4.20. The third kappa shape index (κ3) is 2.46. The smallest absolute Gasteiger partial charge is 0.270 e. The fourth-order valence-electron chi connectivity index (χ4n) is 3.68. The Hall–Kier alpha value is -1.76. The first kappa shape index (κ1) is 14.2. The Bertz CT molecular complexity index is 553. The topological polar surface area (TPSA) is 72.4 Å². The molecule has 2 N–H and O–H groups in total. The van der Waals surface area contributed by atoms with Crippen molar-refractivity contribution in [2.75, 3.05) is 4.90 Å². The van der Waals surface area contributed by atoms with Gasteiger partial charge in [-0.2, -0.15) is 0 Å². The highest BCUT2D eigenvalue weighted by atomic mass is 19.3. The van der Waals surface area contributed by atoms with Crippen molar-refractivity contribution >= 4 is 11.4 Å². The second-order valence-electron chi connectivity index (χ2n) is 5.82.